The number of alkyl halides is 6. The maximum Gasteiger partial charge on any atom is 0.395 e. The van der Waals surface area contributed by atoms with Gasteiger partial charge in [-0.25, -0.2) is 0 Å². The molecule has 2 heterocycles. The van der Waals surface area contributed by atoms with Crippen LogP contribution < -0.4 is 0 Å². The molecule has 0 aromatic heterocycles. The molecule has 8 nitrogen and oxygen atoms in total. The number of esters is 1. The van der Waals surface area contributed by atoms with Crippen LogP contribution in [0.25, 0.3) is 0 Å². The number of aliphatic hydroxyl groups is 1. The number of ether oxygens (including phenoxy) is 3. The van der Waals surface area contributed by atoms with Gasteiger partial charge in [-0.2, -0.15) is 26.3 Å². The summed E-state index contributed by atoms with van der Waals surface area (Å²) in [4.78, 5) is 13.6. The van der Waals surface area contributed by atoms with E-state index in [1.807, 2.05) is 59.0 Å². The SMILES string of the molecule is C=C(CC(C)C[C@@H]1CC=CC(CCO)O1)CC(C=CCC(OC(=O)CP(=O)(CC(F)(F)F)CC(F)(F)F)C(C=CC1CC(C)=CCO1)O[Si](C)(C)C(C)(C)C)O[Si](C)(C)C(C)(C)C. The Balaban J connectivity index is 2.56. The second-order valence-electron chi connectivity index (χ2n) is 20.7. The zero-order valence-corrected chi connectivity index (χ0v) is 42.7. The quantitative estimate of drug-likeness (QED) is 0.0355. The Bertz CT molecular complexity index is 1620. The van der Waals surface area contributed by atoms with Gasteiger partial charge in [-0.05, 0) is 81.2 Å². The van der Waals surface area contributed by atoms with Crippen molar-refractivity contribution in [1.82, 2.24) is 0 Å². The van der Waals surface area contributed by atoms with Gasteiger partial charge in [0.25, 0.3) is 0 Å². The van der Waals surface area contributed by atoms with Crippen LogP contribution >= 0.6 is 7.14 Å². The molecular formula is C46H77F6O8PSi2. The molecule has 0 radical (unpaired) electrons. The Kier molecular flexibility index (Phi) is 21.6. The summed E-state index contributed by atoms with van der Waals surface area (Å²) >= 11 is 0. The lowest BCUT2D eigenvalue weighted by Gasteiger charge is -2.40. The van der Waals surface area contributed by atoms with Crippen LogP contribution in [0.4, 0.5) is 26.3 Å². The second-order valence-corrected chi connectivity index (χ2v) is 33.3. The summed E-state index contributed by atoms with van der Waals surface area (Å²) in [6, 6.07) is 0. The van der Waals surface area contributed by atoms with Crippen molar-refractivity contribution in [2.45, 2.75) is 186 Å². The average molecular weight is 959 g/mol. The highest BCUT2D eigenvalue weighted by Gasteiger charge is 2.48. The van der Waals surface area contributed by atoms with E-state index in [1.165, 1.54) is 0 Å². The molecule has 0 spiro atoms. The highest BCUT2D eigenvalue weighted by molar-refractivity contribution is 7.65. The molecule has 0 saturated heterocycles. The third-order valence-electron chi connectivity index (χ3n) is 12.3. The first-order valence-corrected chi connectivity index (χ1v) is 30.2. The first-order chi connectivity index (χ1) is 28.6. The van der Waals surface area contributed by atoms with Crippen LogP contribution in [0.2, 0.25) is 36.3 Å². The molecule has 6 unspecified atom stereocenters. The number of aliphatic hydroxyl groups excluding tert-OH is 1. The fourth-order valence-corrected chi connectivity index (χ4v) is 11.8. The van der Waals surface area contributed by atoms with Crippen LogP contribution in [0.15, 0.2) is 60.3 Å². The van der Waals surface area contributed by atoms with Crippen molar-refractivity contribution in [1.29, 1.82) is 0 Å². The van der Waals surface area contributed by atoms with Crippen molar-refractivity contribution < 1.29 is 63.9 Å². The van der Waals surface area contributed by atoms with Crippen molar-refractivity contribution in [3.63, 3.8) is 0 Å². The summed E-state index contributed by atoms with van der Waals surface area (Å²) in [5.74, 6) is -1.21. The number of hydrogen-bond acceptors (Lipinski definition) is 8. The van der Waals surface area contributed by atoms with Gasteiger partial charge in [-0.3, -0.25) is 4.79 Å². The molecule has 0 aliphatic carbocycles. The van der Waals surface area contributed by atoms with Crippen molar-refractivity contribution in [3.8, 4) is 0 Å². The Labute approximate surface area is 376 Å². The smallest absolute Gasteiger partial charge is 0.395 e. The highest BCUT2D eigenvalue weighted by atomic mass is 31.2. The highest BCUT2D eigenvalue weighted by Crippen LogP contribution is 2.53. The Hall–Kier alpha value is -1.79. The summed E-state index contributed by atoms with van der Waals surface area (Å²) in [5, 5.41) is 8.88. The van der Waals surface area contributed by atoms with Gasteiger partial charge in [0.15, 0.2) is 16.6 Å². The average Bonchev–Trinajstić information content (AvgIpc) is 3.06. The minimum absolute atomic E-state index is 0.0182. The third-order valence-corrected chi connectivity index (χ3v) is 24.0. The van der Waals surface area contributed by atoms with E-state index in [0.29, 0.717) is 32.3 Å². The van der Waals surface area contributed by atoms with Gasteiger partial charge < -0.3 is 32.7 Å². The largest absolute Gasteiger partial charge is 0.459 e. The van der Waals surface area contributed by atoms with E-state index >= 15 is 0 Å². The van der Waals surface area contributed by atoms with E-state index in [0.717, 1.165) is 24.0 Å². The Morgan fingerprint density at radius 2 is 1.56 bits per heavy atom. The van der Waals surface area contributed by atoms with Gasteiger partial charge in [0.1, 0.15) is 19.3 Å². The van der Waals surface area contributed by atoms with Gasteiger partial charge in [0.05, 0.1) is 49.5 Å². The zero-order valence-electron chi connectivity index (χ0n) is 39.8. The first kappa shape index (κ1) is 57.3. The first-order valence-electron chi connectivity index (χ1n) is 22.1. The Morgan fingerprint density at radius 1 is 0.968 bits per heavy atom. The summed E-state index contributed by atoms with van der Waals surface area (Å²) < 4.78 is 126. The van der Waals surface area contributed by atoms with Crippen LogP contribution in [0, 0.1) is 5.92 Å². The molecule has 7 atom stereocenters. The third kappa shape index (κ3) is 21.6. The van der Waals surface area contributed by atoms with Crippen LogP contribution in [0.5, 0.6) is 0 Å². The lowest BCUT2D eigenvalue weighted by molar-refractivity contribution is -0.149. The van der Waals surface area contributed by atoms with Crippen LogP contribution in [0.3, 0.4) is 0 Å². The summed E-state index contributed by atoms with van der Waals surface area (Å²) in [6.45, 7) is 29.5. The van der Waals surface area contributed by atoms with Gasteiger partial charge in [0, 0.05) is 19.4 Å². The molecule has 364 valence electrons. The lowest BCUT2D eigenvalue weighted by Crippen LogP contribution is -2.47. The Morgan fingerprint density at radius 3 is 2.10 bits per heavy atom. The molecule has 2 aliphatic heterocycles. The number of rotatable bonds is 23. The second kappa shape index (κ2) is 23.8. The normalized spacial score (nSPS) is 22.0. The van der Waals surface area contributed by atoms with Crippen molar-refractivity contribution in [2.75, 3.05) is 31.7 Å². The maximum absolute atomic E-state index is 13.6. The van der Waals surface area contributed by atoms with E-state index in [-0.39, 0.29) is 47.3 Å². The molecule has 0 bridgehead atoms. The van der Waals surface area contributed by atoms with Crippen molar-refractivity contribution >= 4 is 29.7 Å². The molecular weight excluding hydrogens is 882 g/mol. The minimum Gasteiger partial charge on any atom is -0.459 e. The maximum atomic E-state index is 13.6. The van der Waals surface area contributed by atoms with Crippen LogP contribution in [-0.4, -0.2) is 108 Å². The van der Waals surface area contributed by atoms with Crippen molar-refractivity contribution in [2.24, 2.45) is 5.92 Å². The molecule has 0 amide bonds. The molecule has 0 aromatic rings. The van der Waals surface area contributed by atoms with Crippen LogP contribution in [0.1, 0.15) is 100 Å². The van der Waals surface area contributed by atoms with Gasteiger partial charge >= 0.3 is 18.3 Å². The molecule has 0 aromatic carbocycles. The molecule has 1 N–H and O–H groups in total. The molecule has 0 saturated carbocycles. The van der Waals surface area contributed by atoms with E-state index < -0.39 is 78.9 Å². The molecule has 2 rings (SSSR count). The van der Waals surface area contributed by atoms with Crippen LogP contribution in [-0.2, 0) is 32.4 Å². The fourth-order valence-electron chi connectivity index (χ4n) is 7.03. The molecule has 17 heteroatoms. The topological polar surface area (TPSA) is 101 Å². The lowest BCUT2D eigenvalue weighted by atomic mass is 9.91. The van der Waals surface area contributed by atoms with Crippen molar-refractivity contribution in [3.05, 3.63) is 60.3 Å². The number of carbonyl (C=O) groups is 1. The predicted octanol–water partition coefficient (Wildman–Crippen LogP) is 12.9. The number of halogens is 6. The number of carbonyl (C=O) groups excluding carboxylic acids is 1. The summed E-state index contributed by atoms with van der Waals surface area (Å²) in [6.07, 6.45) is -2.69. The van der Waals surface area contributed by atoms with E-state index in [1.54, 1.807) is 18.2 Å². The minimum atomic E-state index is -5.21. The molecule has 0 fully saturated rings. The van der Waals surface area contributed by atoms with E-state index in [2.05, 4.69) is 53.4 Å². The van der Waals surface area contributed by atoms with Gasteiger partial charge in [0.2, 0.25) is 0 Å². The number of hydrogen-bond donors (Lipinski definition) is 1. The van der Waals surface area contributed by atoms with E-state index in [9.17, 15) is 40.8 Å². The molecule has 2 aliphatic rings. The standard InChI is InChI=1S/C46H77F6O8PSi2/c1-33-23-25-56-37(27-33)20-21-41(60-63(12,13)44(7,8)9)40(58-42(54)30-61(55,31-45(47,48)49)32-46(50,51)52)19-15-18-39(59-62(10,11)43(4,5)6)29-35(3)26-34(2)28-38-17-14-16-36(57-38)22-24-53/h14-16,18,20-21,23,34,36-41,53H,3,17,19,22,24-32H2,1-2,4-13H3/t34?,36?,37?,38-,39?,40?,41?/m0/s1. The predicted molar refractivity (Wildman–Crippen MR) is 246 cm³/mol. The fraction of sp³-hybridized carbons (Fsp3) is 0.761. The van der Waals surface area contributed by atoms with Gasteiger partial charge in [-0.1, -0.05) is 109 Å². The summed E-state index contributed by atoms with van der Waals surface area (Å²) in [5.41, 5.74) is 2.05. The van der Waals surface area contributed by atoms with E-state index in [4.69, 9.17) is 23.1 Å². The zero-order chi connectivity index (χ0) is 48.2. The van der Waals surface area contributed by atoms with Gasteiger partial charge in [-0.15, -0.1) is 0 Å². The monoisotopic (exact) mass is 958 g/mol. The molecule has 63 heavy (non-hydrogen) atoms. The summed E-state index contributed by atoms with van der Waals surface area (Å²) in [7, 11) is -10.3.